The highest BCUT2D eigenvalue weighted by atomic mass is 16.7. The second-order valence-electron chi connectivity index (χ2n) is 4.05. The first kappa shape index (κ1) is 10.1. The molecule has 0 aliphatic carbocycles. The van der Waals surface area contributed by atoms with E-state index in [1.807, 2.05) is 24.3 Å². The lowest BCUT2D eigenvalue weighted by molar-refractivity contribution is -0.696. The van der Waals surface area contributed by atoms with E-state index in [-0.39, 0.29) is 0 Å². The topological polar surface area (TPSA) is 22.3 Å². The third kappa shape index (κ3) is 2.23. The Morgan fingerprint density at radius 2 is 1.82 bits per heavy atom. The van der Waals surface area contributed by atoms with E-state index in [1.54, 1.807) is 0 Å². The quantitative estimate of drug-likeness (QED) is 0.749. The third-order valence-corrected chi connectivity index (χ3v) is 2.87. The molecule has 2 aromatic rings. The second kappa shape index (κ2) is 4.45. The van der Waals surface area contributed by atoms with Crippen LogP contribution in [0.25, 0.3) is 0 Å². The number of nitrogens with zero attached hydrogens (tertiary/aromatic N) is 1. The van der Waals surface area contributed by atoms with Crippen LogP contribution in [0, 0.1) is 0 Å². The van der Waals surface area contributed by atoms with E-state index < -0.39 is 0 Å². The van der Waals surface area contributed by atoms with E-state index >= 15 is 0 Å². The standard InChI is InChI=1S/C14H14NO2/c1-2-7-15(8-3-1)9-6-12-4-5-13-14(10-12)17-11-16-13/h1-5,7-8,10H,6,9,11H2/q+1. The number of hydrogen-bond acceptors (Lipinski definition) is 2. The Bertz CT molecular complexity index is 511. The smallest absolute Gasteiger partial charge is 0.231 e. The fourth-order valence-corrected chi connectivity index (χ4v) is 1.94. The number of aromatic nitrogens is 1. The second-order valence-corrected chi connectivity index (χ2v) is 4.05. The Morgan fingerprint density at radius 3 is 2.71 bits per heavy atom. The van der Waals surface area contributed by atoms with Gasteiger partial charge in [-0.05, 0) is 17.7 Å². The molecule has 1 aliphatic rings. The maximum atomic E-state index is 5.36. The van der Waals surface area contributed by atoms with Crippen LogP contribution in [-0.2, 0) is 13.0 Å². The highest BCUT2D eigenvalue weighted by Crippen LogP contribution is 2.32. The molecule has 0 radical (unpaired) electrons. The summed E-state index contributed by atoms with van der Waals surface area (Å²) in [6.45, 7) is 1.31. The fourth-order valence-electron chi connectivity index (χ4n) is 1.94. The summed E-state index contributed by atoms with van der Waals surface area (Å²) >= 11 is 0. The highest BCUT2D eigenvalue weighted by molar-refractivity contribution is 5.44. The largest absolute Gasteiger partial charge is 0.454 e. The lowest BCUT2D eigenvalue weighted by atomic mass is 10.1. The monoisotopic (exact) mass is 228 g/mol. The van der Waals surface area contributed by atoms with Crippen LogP contribution in [0.2, 0.25) is 0 Å². The van der Waals surface area contributed by atoms with E-state index in [4.69, 9.17) is 9.47 Å². The maximum Gasteiger partial charge on any atom is 0.231 e. The van der Waals surface area contributed by atoms with E-state index in [2.05, 4.69) is 29.1 Å². The molecule has 0 atom stereocenters. The van der Waals surface area contributed by atoms with Crippen LogP contribution >= 0.6 is 0 Å². The zero-order chi connectivity index (χ0) is 11.5. The summed E-state index contributed by atoms with van der Waals surface area (Å²) in [4.78, 5) is 0. The zero-order valence-corrected chi connectivity index (χ0v) is 9.50. The van der Waals surface area contributed by atoms with Gasteiger partial charge in [-0.2, -0.15) is 0 Å². The molecule has 0 amide bonds. The van der Waals surface area contributed by atoms with Crippen LogP contribution in [-0.4, -0.2) is 6.79 Å². The van der Waals surface area contributed by atoms with Gasteiger partial charge >= 0.3 is 0 Å². The number of hydrogen-bond donors (Lipinski definition) is 0. The van der Waals surface area contributed by atoms with Crippen LogP contribution in [0.5, 0.6) is 11.5 Å². The molecule has 1 aromatic heterocycles. The normalized spacial score (nSPS) is 12.7. The van der Waals surface area contributed by atoms with Gasteiger partial charge in [-0.1, -0.05) is 12.1 Å². The molecular weight excluding hydrogens is 214 g/mol. The van der Waals surface area contributed by atoms with Gasteiger partial charge in [0.25, 0.3) is 0 Å². The molecule has 0 saturated carbocycles. The van der Waals surface area contributed by atoms with Gasteiger partial charge in [0, 0.05) is 18.6 Å². The Kier molecular flexibility index (Phi) is 2.66. The number of benzene rings is 1. The van der Waals surface area contributed by atoms with E-state index in [0.29, 0.717) is 6.79 Å². The van der Waals surface area contributed by atoms with E-state index in [0.717, 1.165) is 24.5 Å². The highest BCUT2D eigenvalue weighted by Gasteiger charge is 2.13. The van der Waals surface area contributed by atoms with Crippen molar-refractivity contribution < 1.29 is 14.0 Å². The Hall–Kier alpha value is -2.03. The molecule has 2 heterocycles. The molecular formula is C14H14NO2+. The van der Waals surface area contributed by atoms with Gasteiger partial charge in [-0.25, -0.2) is 4.57 Å². The molecule has 0 saturated heterocycles. The molecule has 0 N–H and O–H groups in total. The van der Waals surface area contributed by atoms with Crippen LogP contribution in [0.1, 0.15) is 5.56 Å². The first-order valence-electron chi connectivity index (χ1n) is 5.74. The minimum Gasteiger partial charge on any atom is -0.454 e. The minimum atomic E-state index is 0.340. The summed E-state index contributed by atoms with van der Waals surface area (Å²) in [5.74, 6) is 1.71. The first-order chi connectivity index (χ1) is 8.42. The Balaban J connectivity index is 1.70. The number of ether oxygens (including phenoxy) is 2. The number of pyridine rings is 1. The van der Waals surface area contributed by atoms with Crippen LogP contribution in [0.3, 0.4) is 0 Å². The van der Waals surface area contributed by atoms with E-state index in [1.165, 1.54) is 5.56 Å². The summed E-state index contributed by atoms with van der Waals surface area (Å²) in [5.41, 5.74) is 1.27. The van der Waals surface area contributed by atoms with Crippen molar-refractivity contribution in [3.05, 3.63) is 54.4 Å². The van der Waals surface area contributed by atoms with Gasteiger partial charge in [-0.15, -0.1) is 0 Å². The lowest BCUT2D eigenvalue weighted by Crippen LogP contribution is -2.33. The Labute approximate surface area is 100 Å². The molecule has 3 heteroatoms. The summed E-state index contributed by atoms with van der Waals surface area (Å²) in [5, 5.41) is 0. The first-order valence-corrected chi connectivity index (χ1v) is 5.74. The maximum absolute atomic E-state index is 5.36. The van der Waals surface area contributed by atoms with Gasteiger partial charge in [0.2, 0.25) is 6.79 Å². The number of fused-ring (bicyclic) bond motifs is 1. The molecule has 0 fully saturated rings. The van der Waals surface area contributed by atoms with Gasteiger partial charge < -0.3 is 9.47 Å². The molecule has 86 valence electrons. The van der Waals surface area contributed by atoms with E-state index in [9.17, 15) is 0 Å². The van der Waals surface area contributed by atoms with Crippen molar-refractivity contribution in [2.75, 3.05) is 6.79 Å². The number of aryl methyl sites for hydroxylation is 2. The number of rotatable bonds is 3. The van der Waals surface area contributed by atoms with Crippen molar-refractivity contribution in [2.24, 2.45) is 0 Å². The minimum absolute atomic E-state index is 0.340. The fraction of sp³-hybridized carbons (Fsp3) is 0.214. The van der Waals surface area contributed by atoms with Gasteiger partial charge in [-0.3, -0.25) is 0 Å². The van der Waals surface area contributed by atoms with Gasteiger partial charge in [0.1, 0.15) is 0 Å². The average Bonchev–Trinajstić information content (AvgIpc) is 2.85. The van der Waals surface area contributed by atoms with Crippen molar-refractivity contribution in [2.45, 2.75) is 13.0 Å². The Morgan fingerprint density at radius 1 is 1.00 bits per heavy atom. The third-order valence-electron chi connectivity index (χ3n) is 2.87. The summed E-state index contributed by atoms with van der Waals surface area (Å²) in [7, 11) is 0. The molecule has 0 bridgehead atoms. The summed E-state index contributed by atoms with van der Waals surface area (Å²) in [6, 6.07) is 12.2. The van der Waals surface area contributed by atoms with Gasteiger partial charge in [0.15, 0.2) is 30.4 Å². The molecule has 3 nitrogen and oxygen atoms in total. The summed E-state index contributed by atoms with van der Waals surface area (Å²) in [6.07, 6.45) is 5.14. The van der Waals surface area contributed by atoms with Crippen molar-refractivity contribution in [3.8, 4) is 11.5 Å². The van der Waals surface area contributed by atoms with Crippen LogP contribution in [0.4, 0.5) is 0 Å². The molecule has 0 spiro atoms. The van der Waals surface area contributed by atoms with Crippen molar-refractivity contribution in [3.63, 3.8) is 0 Å². The molecule has 3 rings (SSSR count). The lowest BCUT2D eigenvalue weighted by Gasteiger charge is -2.01. The van der Waals surface area contributed by atoms with Crippen LogP contribution in [0.15, 0.2) is 48.8 Å². The SMILES string of the molecule is c1cc[n+](CCc2ccc3c(c2)OCO3)cc1. The summed E-state index contributed by atoms with van der Waals surface area (Å²) < 4.78 is 12.8. The predicted octanol–water partition coefficient (Wildman–Crippen LogP) is 1.95. The molecule has 1 aliphatic heterocycles. The average molecular weight is 228 g/mol. The molecule has 0 unspecified atom stereocenters. The predicted molar refractivity (Wildman–Crippen MR) is 62.9 cm³/mol. The van der Waals surface area contributed by atoms with Crippen LogP contribution < -0.4 is 14.0 Å². The zero-order valence-electron chi connectivity index (χ0n) is 9.50. The van der Waals surface area contributed by atoms with Gasteiger partial charge in [0.05, 0.1) is 0 Å². The molecule has 1 aromatic carbocycles. The van der Waals surface area contributed by atoms with Crippen molar-refractivity contribution >= 4 is 0 Å². The van der Waals surface area contributed by atoms with Crippen molar-refractivity contribution in [1.29, 1.82) is 0 Å². The molecule has 17 heavy (non-hydrogen) atoms. The van der Waals surface area contributed by atoms with Crippen molar-refractivity contribution in [1.82, 2.24) is 0 Å².